The highest BCUT2D eigenvalue weighted by atomic mass is 16.1. The minimum Gasteiger partial charge on any atom is -0.346 e. The maximum atomic E-state index is 12.4. The van der Waals surface area contributed by atoms with E-state index in [4.69, 9.17) is 0 Å². The van der Waals surface area contributed by atoms with Crippen molar-refractivity contribution in [1.29, 1.82) is 0 Å². The molecule has 1 aliphatic heterocycles. The molecule has 2 unspecified atom stereocenters. The fourth-order valence-electron chi connectivity index (χ4n) is 2.57. The van der Waals surface area contributed by atoms with Crippen LogP contribution >= 0.6 is 0 Å². The largest absolute Gasteiger partial charge is 0.346 e. The Balaban J connectivity index is 1.95. The second-order valence-electron chi connectivity index (χ2n) is 5.51. The number of aromatic nitrogens is 2. The monoisotopic (exact) mass is 248 g/mol. The standard InChI is InChI=1S/C13H20N4O/c1-9-8-17(10(2)7-15-9)12-13(18)16(6-5-14-12)11-3-4-11/h5-6,9-11,15H,3-4,7-8H2,1-2H3. The minimum absolute atomic E-state index is 0.0703. The third-order valence-electron chi connectivity index (χ3n) is 3.83. The molecule has 2 aliphatic rings. The van der Waals surface area contributed by atoms with Crippen molar-refractivity contribution >= 4 is 5.82 Å². The first-order valence-electron chi connectivity index (χ1n) is 6.74. The summed E-state index contributed by atoms with van der Waals surface area (Å²) in [5, 5.41) is 3.42. The first-order valence-corrected chi connectivity index (χ1v) is 6.74. The Hall–Kier alpha value is -1.36. The molecule has 18 heavy (non-hydrogen) atoms. The maximum Gasteiger partial charge on any atom is 0.293 e. The molecule has 2 fully saturated rings. The first kappa shape index (κ1) is 11.7. The van der Waals surface area contributed by atoms with Gasteiger partial charge in [-0.2, -0.15) is 0 Å². The summed E-state index contributed by atoms with van der Waals surface area (Å²) in [4.78, 5) is 18.9. The van der Waals surface area contributed by atoms with Crippen LogP contribution in [0.2, 0.25) is 0 Å². The SMILES string of the molecule is CC1CN(c2nccn(C3CC3)c2=O)C(C)CN1. The molecule has 1 N–H and O–H groups in total. The first-order chi connectivity index (χ1) is 8.66. The molecular formula is C13H20N4O. The number of piperazine rings is 1. The summed E-state index contributed by atoms with van der Waals surface area (Å²) in [7, 11) is 0. The Morgan fingerprint density at radius 1 is 1.39 bits per heavy atom. The molecule has 5 heteroatoms. The van der Waals surface area contributed by atoms with E-state index in [9.17, 15) is 4.79 Å². The highest BCUT2D eigenvalue weighted by molar-refractivity contribution is 5.38. The third-order valence-corrected chi connectivity index (χ3v) is 3.83. The van der Waals surface area contributed by atoms with Gasteiger partial charge < -0.3 is 14.8 Å². The molecule has 2 heterocycles. The molecule has 1 saturated heterocycles. The van der Waals surface area contributed by atoms with Crippen molar-refractivity contribution < 1.29 is 0 Å². The van der Waals surface area contributed by atoms with Gasteiger partial charge in [-0.1, -0.05) is 0 Å². The second-order valence-corrected chi connectivity index (χ2v) is 5.51. The second kappa shape index (κ2) is 4.39. The van der Waals surface area contributed by atoms with Crippen LogP contribution in [0.1, 0.15) is 32.7 Å². The lowest BCUT2D eigenvalue weighted by Crippen LogP contribution is -2.56. The van der Waals surface area contributed by atoms with Crippen molar-refractivity contribution in [3.8, 4) is 0 Å². The Bertz CT molecular complexity index is 494. The summed E-state index contributed by atoms with van der Waals surface area (Å²) in [5.74, 6) is 0.616. The van der Waals surface area contributed by atoms with Gasteiger partial charge in [0, 0.05) is 43.6 Å². The highest BCUT2D eigenvalue weighted by Gasteiger charge is 2.29. The lowest BCUT2D eigenvalue weighted by Gasteiger charge is -2.37. The van der Waals surface area contributed by atoms with E-state index < -0.39 is 0 Å². The Morgan fingerprint density at radius 2 is 2.17 bits per heavy atom. The summed E-state index contributed by atoms with van der Waals surface area (Å²) >= 11 is 0. The van der Waals surface area contributed by atoms with Gasteiger partial charge in [-0.25, -0.2) is 4.98 Å². The van der Waals surface area contributed by atoms with Gasteiger partial charge >= 0.3 is 0 Å². The average molecular weight is 248 g/mol. The molecule has 3 rings (SSSR count). The van der Waals surface area contributed by atoms with Gasteiger partial charge in [-0.15, -0.1) is 0 Å². The van der Waals surface area contributed by atoms with E-state index >= 15 is 0 Å². The van der Waals surface area contributed by atoms with Crippen molar-refractivity contribution in [1.82, 2.24) is 14.9 Å². The molecule has 0 bridgehead atoms. The van der Waals surface area contributed by atoms with E-state index in [-0.39, 0.29) is 5.56 Å². The summed E-state index contributed by atoms with van der Waals surface area (Å²) in [5.41, 5.74) is 0.0703. The van der Waals surface area contributed by atoms with Gasteiger partial charge in [0.25, 0.3) is 5.56 Å². The number of hydrogen-bond donors (Lipinski definition) is 1. The summed E-state index contributed by atoms with van der Waals surface area (Å²) in [6.07, 6.45) is 5.82. The Kier molecular flexibility index (Phi) is 2.86. The number of anilines is 1. The summed E-state index contributed by atoms with van der Waals surface area (Å²) in [6, 6.07) is 1.13. The van der Waals surface area contributed by atoms with Crippen LogP contribution in [0.25, 0.3) is 0 Å². The fourth-order valence-corrected chi connectivity index (χ4v) is 2.57. The number of nitrogens with zero attached hydrogens (tertiary/aromatic N) is 3. The zero-order valence-electron chi connectivity index (χ0n) is 11.0. The number of nitrogens with one attached hydrogen (secondary N) is 1. The van der Waals surface area contributed by atoms with Crippen molar-refractivity contribution in [2.45, 2.75) is 44.8 Å². The van der Waals surface area contributed by atoms with E-state index in [0.717, 1.165) is 25.9 Å². The van der Waals surface area contributed by atoms with Crippen LogP contribution in [0.4, 0.5) is 5.82 Å². The van der Waals surface area contributed by atoms with Crippen LogP contribution in [0, 0.1) is 0 Å². The van der Waals surface area contributed by atoms with Gasteiger partial charge in [-0.3, -0.25) is 4.79 Å². The van der Waals surface area contributed by atoms with Crippen LogP contribution in [0.15, 0.2) is 17.2 Å². The zero-order chi connectivity index (χ0) is 12.7. The molecule has 98 valence electrons. The number of rotatable bonds is 2. The van der Waals surface area contributed by atoms with E-state index in [1.54, 1.807) is 6.20 Å². The smallest absolute Gasteiger partial charge is 0.293 e. The molecule has 1 saturated carbocycles. The molecule has 1 aromatic heterocycles. The molecule has 0 aromatic carbocycles. The van der Waals surface area contributed by atoms with Crippen molar-refractivity contribution in [2.75, 3.05) is 18.0 Å². The van der Waals surface area contributed by atoms with Gasteiger partial charge in [0.15, 0.2) is 5.82 Å². The quantitative estimate of drug-likeness (QED) is 0.839. The average Bonchev–Trinajstić information content (AvgIpc) is 3.17. The molecule has 1 aliphatic carbocycles. The fraction of sp³-hybridized carbons (Fsp3) is 0.692. The lowest BCUT2D eigenvalue weighted by molar-refractivity contribution is 0.420. The van der Waals surface area contributed by atoms with E-state index in [0.29, 0.717) is 23.9 Å². The van der Waals surface area contributed by atoms with Crippen LogP contribution in [-0.2, 0) is 0 Å². The number of hydrogen-bond acceptors (Lipinski definition) is 4. The van der Waals surface area contributed by atoms with Gasteiger partial charge in [0.05, 0.1) is 0 Å². The minimum atomic E-state index is 0.0703. The molecule has 1 aromatic rings. The predicted octanol–water partition coefficient (Wildman–Crippen LogP) is 0.765. The summed E-state index contributed by atoms with van der Waals surface area (Å²) in [6.45, 7) is 6.02. The Morgan fingerprint density at radius 3 is 2.89 bits per heavy atom. The third kappa shape index (κ3) is 2.03. The Labute approximate surface area is 107 Å². The zero-order valence-corrected chi connectivity index (χ0v) is 11.0. The van der Waals surface area contributed by atoms with Gasteiger partial charge in [0.1, 0.15) is 0 Å². The van der Waals surface area contributed by atoms with Crippen LogP contribution in [0.3, 0.4) is 0 Å². The van der Waals surface area contributed by atoms with Gasteiger partial charge in [0.2, 0.25) is 0 Å². The lowest BCUT2D eigenvalue weighted by atomic mass is 10.1. The molecule has 2 atom stereocenters. The van der Waals surface area contributed by atoms with Crippen molar-refractivity contribution in [2.24, 2.45) is 0 Å². The van der Waals surface area contributed by atoms with E-state index in [1.807, 2.05) is 10.8 Å². The highest BCUT2D eigenvalue weighted by Crippen LogP contribution is 2.33. The molecule has 0 spiro atoms. The predicted molar refractivity (Wildman–Crippen MR) is 71.0 cm³/mol. The normalized spacial score (nSPS) is 28.4. The topological polar surface area (TPSA) is 50.2 Å². The van der Waals surface area contributed by atoms with E-state index in [2.05, 4.69) is 29.0 Å². The van der Waals surface area contributed by atoms with Crippen LogP contribution in [-0.4, -0.2) is 34.7 Å². The van der Waals surface area contributed by atoms with Crippen molar-refractivity contribution in [3.05, 3.63) is 22.7 Å². The summed E-state index contributed by atoms with van der Waals surface area (Å²) < 4.78 is 1.85. The van der Waals surface area contributed by atoms with Crippen molar-refractivity contribution in [3.63, 3.8) is 0 Å². The van der Waals surface area contributed by atoms with E-state index in [1.165, 1.54) is 0 Å². The maximum absolute atomic E-state index is 12.4. The van der Waals surface area contributed by atoms with Gasteiger partial charge in [-0.05, 0) is 26.7 Å². The van der Waals surface area contributed by atoms with Crippen LogP contribution in [0.5, 0.6) is 0 Å². The molecule has 0 radical (unpaired) electrons. The van der Waals surface area contributed by atoms with Crippen LogP contribution < -0.4 is 15.8 Å². The molecule has 5 nitrogen and oxygen atoms in total. The molecule has 0 amide bonds. The molecular weight excluding hydrogens is 228 g/mol.